The number of halogens is 2. The predicted octanol–water partition coefficient (Wildman–Crippen LogP) is 5.72. The van der Waals surface area contributed by atoms with Crippen LogP contribution in [0.15, 0.2) is 28.7 Å². The summed E-state index contributed by atoms with van der Waals surface area (Å²) >= 11 is 11.2. The minimum Gasteiger partial charge on any atom is -0.339 e. The number of anilines is 2. The maximum Gasteiger partial charge on any atom is 0.225 e. The van der Waals surface area contributed by atoms with Crippen LogP contribution in [0.4, 0.5) is 11.5 Å². The molecule has 1 N–H and O–H groups in total. The summed E-state index contributed by atoms with van der Waals surface area (Å²) in [7, 11) is 0. The lowest BCUT2D eigenvalue weighted by atomic mass is 10.1. The van der Waals surface area contributed by atoms with Crippen LogP contribution in [0.1, 0.15) is 17.4 Å². The fraction of sp³-hybridized carbons (Fsp3) is 0.200. The summed E-state index contributed by atoms with van der Waals surface area (Å²) in [5.41, 5.74) is 2.26. The number of aryl methyl sites for hydroxylation is 2. The van der Waals surface area contributed by atoms with Crippen LogP contribution in [-0.4, -0.2) is 9.97 Å². The molecule has 2 heterocycles. The quantitative estimate of drug-likeness (QED) is 0.588. The molecule has 3 nitrogen and oxygen atoms in total. The van der Waals surface area contributed by atoms with Gasteiger partial charge in [-0.3, -0.25) is 0 Å². The minimum atomic E-state index is 0.266. The van der Waals surface area contributed by atoms with Crippen LogP contribution < -0.4 is 5.32 Å². The first-order valence-corrected chi connectivity index (χ1v) is 8.54. The van der Waals surface area contributed by atoms with E-state index in [9.17, 15) is 0 Å². The lowest BCUT2D eigenvalue weighted by Gasteiger charge is -2.11. The smallest absolute Gasteiger partial charge is 0.225 e. The lowest BCUT2D eigenvalue weighted by Crippen LogP contribution is -1.99. The molecule has 108 valence electrons. The van der Waals surface area contributed by atoms with E-state index in [1.807, 2.05) is 12.1 Å². The molecule has 3 rings (SSSR count). The number of hydrogen-bond donors (Lipinski definition) is 1. The number of nitrogens with zero attached hydrogens (tertiary/aromatic N) is 2. The molecule has 0 saturated carbocycles. The number of thiophene rings is 1. The second-order valence-electron chi connectivity index (χ2n) is 4.70. The number of fused-ring (bicyclic) bond motifs is 1. The van der Waals surface area contributed by atoms with E-state index in [1.54, 1.807) is 11.3 Å². The monoisotopic (exact) mass is 381 g/mol. The molecule has 0 aliphatic rings. The maximum atomic E-state index is 6.04. The van der Waals surface area contributed by atoms with E-state index in [-0.39, 0.29) is 5.28 Å². The summed E-state index contributed by atoms with van der Waals surface area (Å²) in [6, 6.07) is 8.26. The first-order chi connectivity index (χ1) is 10.1. The van der Waals surface area contributed by atoms with Gasteiger partial charge in [-0.15, -0.1) is 11.3 Å². The largest absolute Gasteiger partial charge is 0.339 e. The van der Waals surface area contributed by atoms with E-state index < -0.39 is 0 Å². The van der Waals surface area contributed by atoms with Crippen LogP contribution in [0.5, 0.6) is 0 Å². The molecule has 1 aromatic carbocycles. The molecule has 2 aromatic heterocycles. The van der Waals surface area contributed by atoms with Gasteiger partial charge in [-0.1, -0.05) is 22.9 Å². The molecule has 6 heteroatoms. The van der Waals surface area contributed by atoms with E-state index >= 15 is 0 Å². The molecule has 0 aliphatic heterocycles. The summed E-state index contributed by atoms with van der Waals surface area (Å²) < 4.78 is 1.07. The summed E-state index contributed by atoms with van der Waals surface area (Å²) in [6.07, 6.45) is 0.937. The Kier molecular flexibility index (Phi) is 4.15. The average Bonchev–Trinajstić information content (AvgIpc) is 2.81. The van der Waals surface area contributed by atoms with Crippen molar-refractivity contribution in [2.24, 2.45) is 0 Å². The van der Waals surface area contributed by atoms with Crippen LogP contribution in [-0.2, 0) is 6.42 Å². The molecular formula is C15H13BrClN3S. The molecule has 0 aliphatic carbocycles. The minimum absolute atomic E-state index is 0.266. The number of benzene rings is 1. The normalized spacial score (nSPS) is 11.0. The van der Waals surface area contributed by atoms with Gasteiger partial charge in [0, 0.05) is 15.0 Å². The van der Waals surface area contributed by atoms with Crippen LogP contribution in [0.25, 0.3) is 10.2 Å². The molecule has 0 amide bonds. The SMILES string of the molecule is CCc1cc(Br)ccc1Nc1nc(Cl)nc2sc(C)cc12. The van der Waals surface area contributed by atoms with E-state index in [0.717, 1.165) is 32.6 Å². The highest BCUT2D eigenvalue weighted by Gasteiger charge is 2.11. The van der Waals surface area contributed by atoms with E-state index in [2.05, 4.69) is 57.2 Å². The zero-order valence-electron chi connectivity index (χ0n) is 11.6. The van der Waals surface area contributed by atoms with Gasteiger partial charge in [0.05, 0.1) is 5.39 Å². The van der Waals surface area contributed by atoms with Crippen molar-refractivity contribution in [1.82, 2.24) is 9.97 Å². The second-order valence-corrected chi connectivity index (χ2v) is 7.19. The zero-order chi connectivity index (χ0) is 15.0. The van der Waals surface area contributed by atoms with Crippen molar-refractivity contribution < 1.29 is 0 Å². The Bertz CT molecular complexity index is 816. The first-order valence-electron chi connectivity index (χ1n) is 6.56. The standard InChI is InChI=1S/C15H13BrClN3S/c1-3-9-7-10(16)4-5-12(9)18-13-11-6-8(2)21-14(11)20-15(17)19-13/h4-7H,3H2,1-2H3,(H,18,19,20). The van der Waals surface area contributed by atoms with Crippen molar-refractivity contribution in [3.05, 3.63) is 44.5 Å². The van der Waals surface area contributed by atoms with Crippen molar-refractivity contribution >= 4 is 60.6 Å². The Balaban J connectivity index is 2.09. The molecule has 21 heavy (non-hydrogen) atoms. The third-order valence-corrected chi connectivity index (χ3v) is 4.80. The molecular weight excluding hydrogens is 370 g/mol. The van der Waals surface area contributed by atoms with Gasteiger partial charge in [0.15, 0.2) is 0 Å². The highest BCUT2D eigenvalue weighted by atomic mass is 79.9. The van der Waals surface area contributed by atoms with Gasteiger partial charge in [-0.2, -0.15) is 4.98 Å². The van der Waals surface area contributed by atoms with E-state index in [0.29, 0.717) is 0 Å². The van der Waals surface area contributed by atoms with Crippen molar-refractivity contribution in [1.29, 1.82) is 0 Å². The Hall–Kier alpha value is -1.17. The number of nitrogens with one attached hydrogen (secondary N) is 1. The van der Waals surface area contributed by atoms with Gasteiger partial charge in [-0.25, -0.2) is 4.98 Å². The van der Waals surface area contributed by atoms with Crippen LogP contribution in [0.3, 0.4) is 0 Å². The first kappa shape index (κ1) is 14.8. The van der Waals surface area contributed by atoms with E-state index in [4.69, 9.17) is 11.6 Å². The Morgan fingerprint density at radius 3 is 2.86 bits per heavy atom. The van der Waals surface area contributed by atoms with E-state index in [1.165, 1.54) is 10.4 Å². The van der Waals surface area contributed by atoms with Gasteiger partial charge in [0.1, 0.15) is 10.6 Å². The summed E-state index contributed by atoms with van der Waals surface area (Å²) in [5.74, 6) is 0.756. The molecule has 0 bridgehead atoms. The average molecular weight is 383 g/mol. The summed E-state index contributed by atoms with van der Waals surface area (Å²) in [5, 5.41) is 4.67. The highest BCUT2D eigenvalue weighted by Crippen LogP contribution is 2.32. The van der Waals surface area contributed by atoms with Crippen molar-refractivity contribution in [2.45, 2.75) is 20.3 Å². The molecule has 0 spiro atoms. The molecule has 3 aromatic rings. The fourth-order valence-corrected chi connectivity index (χ4v) is 3.72. The molecule has 0 radical (unpaired) electrons. The van der Waals surface area contributed by atoms with Gasteiger partial charge < -0.3 is 5.32 Å². The van der Waals surface area contributed by atoms with Gasteiger partial charge >= 0.3 is 0 Å². The third-order valence-electron chi connectivity index (χ3n) is 3.19. The van der Waals surface area contributed by atoms with Crippen LogP contribution in [0.2, 0.25) is 5.28 Å². The van der Waals surface area contributed by atoms with Gasteiger partial charge in [-0.05, 0) is 54.8 Å². The third kappa shape index (κ3) is 3.05. The van der Waals surface area contributed by atoms with Crippen molar-refractivity contribution in [3.63, 3.8) is 0 Å². The zero-order valence-corrected chi connectivity index (χ0v) is 14.7. The molecule has 0 atom stereocenters. The van der Waals surface area contributed by atoms with Gasteiger partial charge in [0.2, 0.25) is 5.28 Å². The number of hydrogen-bond acceptors (Lipinski definition) is 4. The topological polar surface area (TPSA) is 37.8 Å². The highest BCUT2D eigenvalue weighted by molar-refractivity contribution is 9.10. The fourth-order valence-electron chi connectivity index (χ4n) is 2.22. The second kappa shape index (κ2) is 5.91. The van der Waals surface area contributed by atoms with Crippen LogP contribution >= 0.6 is 38.9 Å². The number of rotatable bonds is 3. The predicted molar refractivity (Wildman–Crippen MR) is 94.0 cm³/mol. The van der Waals surface area contributed by atoms with Gasteiger partial charge in [0.25, 0.3) is 0 Å². The molecule has 0 unspecified atom stereocenters. The number of aromatic nitrogens is 2. The van der Waals surface area contributed by atoms with Crippen LogP contribution in [0, 0.1) is 6.92 Å². The molecule has 0 saturated heterocycles. The maximum absolute atomic E-state index is 6.04. The molecule has 0 fully saturated rings. The Morgan fingerprint density at radius 2 is 2.10 bits per heavy atom. The Labute approximate surface area is 140 Å². The van der Waals surface area contributed by atoms with Crippen molar-refractivity contribution in [2.75, 3.05) is 5.32 Å². The summed E-state index contributed by atoms with van der Waals surface area (Å²) in [4.78, 5) is 10.7. The lowest BCUT2D eigenvalue weighted by molar-refractivity contribution is 1.13. The Morgan fingerprint density at radius 1 is 1.29 bits per heavy atom. The summed E-state index contributed by atoms with van der Waals surface area (Å²) in [6.45, 7) is 4.19. The van der Waals surface area contributed by atoms with Crippen molar-refractivity contribution in [3.8, 4) is 0 Å².